The highest BCUT2D eigenvalue weighted by molar-refractivity contribution is 7.43. The first-order chi connectivity index (χ1) is 10.1. The van der Waals surface area contributed by atoms with Gasteiger partial charge in [0.05, 0.1) is 14.2 Å². The largest absolute Gasteiger partial charge is 0.790 e. The lowest BCUT2D eigenvalue weighted by Gasteiger charge is -2.40. The maximum atomic E-state index is 12.9. The average Bonchev–Trinajstić information content (AvgIpc) is 2.22. The Bertz CT molecular complexity index is 496. The summed E-state index contributed by atoms with van der Waals surface area (Å²) in [6, 6.07) is 0. The summed E-state index contributed by atoms with van der Waals surface area (Å²) in [4.78, 5) is 19.5. The van der Waals surface area contributed by atoms with E-state index in [1.807, 2.05) is 0 Å². The van der Waals surface area contributed by atoms with E-state index in [1.165, 1.54) is 0 Å². The van der Waals surface area contributed by atoms with Crippen LogP contribution in [0.4, 0.5) is 52.7 Å². The Labute approximate surface area is 123 Å². The Morgan fingerprint density at radius 3 is 1.50 bits per heavy atom. The number of phosphoric ester groups is 1. The van der Waals surface area contributed by atoms with E-state index >= 15 is 0 Å². The molecule has 24 heavy (non-hydrogen) atoms. The number of halogens is 12. The molecule has 0 amide bonds. The fraction of sp³-hybridized carbons (Fsp3) is 1.00. The molecule has 0 spiro atoms. The lowest BCUT2D eigenvalue weighted by molar-refractivity contribution is -0.439. The zero-order chi connectivity index (χ0) is 20.0. The first kappa shape index (κ1) is 23.3. The van der Waals surface area contributed by atoms with E-state index in [9.17, 15) is 67.0 Å². The minimum Gasteiger partial charge on any atom is -0.790 e. The van der Waals surface area contributed by atoms with Crippen molar-refractivity contribution in [2.24, 2.45) is 0 Å². The van der Waals surface area contributed by atoms with E-state index < -0.39 is 50.5 Å². The summed E-state index contributed by atoms with van der Waals surface area (Å²) in [6.45, 7) is 0. The van der Waals surface area contributed by atoms with E-state index in [-0.39, 0.29) is 0 Å². The Balaban J connectivity index is 5.87. The molecule has 4 nitrogen and oxygen atoms in total. The molecule has 146 valence electrons. The van der Waals surface area contributed by atoms with Crippen LogP contribution >= 0.6 is 7.82 Å². The van der Waals surface area contributed by atoms with Gasteiger partial charge in [-0.3, -0.25) is 4.52 Å². The predicted molar refractivity (Wildman–Crippen MR) is 44.0 cm³/mol. The molecule has 0 saturated carbocycles. The van der Waals surface area contributed by atoms with Gasteiger partial charge in [-0.2, -0.15) is 48.3 Å². The Kier molecular flexibility index (Phi) is 6.02. The Morgan fingerprint density at radius 1 is 0.833 bits per heavy atom. The van der Waals surface area contributed by atoms with Crippen LogP contribution in [0.2, 0.25) is 0 Å². The van der Waals surface area contributed by atoms with Crippen molar-refractivity contribution in [3.8, 4) is 0 Å². The third-order valence-corrected chi connectivity index (χ3v) is 2.66. The molecule has 0 aromatic carbocycles. The molecule has 17 heteroatoms. The van der Waals surface area contributed by atoms with Crippen molar-refractivity contribution in [1.82, 2.24) is 0 Å². The van der Waals surface area contributed by atoms with Gasteiger partial charge in [-0.25, -0.2) is 4.39 Å². The molecule has 0 bridgehead atoms. The van der Waals surface area contributed by atoms with Crippen LogP contribution in [-0.4, -0.2) is 36.2 Å². The SMILES string of the molecule is O=P([O-])([O-])OC(F)(F)C(F)(F)C(F)(F)C(F)(F)C(F)CC(F)(F)F. The van der Waals surface area contributed by atoms with Gasteiger partial charge in [-0.15, -0.1) is 0 Å². The summed E-state index contributed by atoms with van der Waals surface area (Å²) >= 11 is 0. The summed E-state index contributed by atoms with van der Waals surface area (Å²) in [6.07, 6.45) is -21.6. The van der Waals surface area contributed by atoms with Gasteiger partial charge < -0.3 is 14.4 Å². The number of phosphoric acid groups is 1. The van der Waals surface area contributed by atoms with E-state index in [0.717, 1.165) is 0 Å². The van der Waals surface area contributed by atoms with Crippen molar-refractivity contribution in [2.45, 2.75) is 42.6 Å². The number of alkyl halides is 12. The summed E-state index contributed by atoms with van der Waals surface area (Å²) in [7, 11) is -7.14. The third-order valence-electron chi connectivity index (χ3n) is 2.21. The fourth-order valence-electron chi connectivity index (χ4n) is 1.12. The van der Waals surface area contributed by atoms with Crippen LogP contribution in [0.5, 0.6) is 0 Å². The van der Waals surface area contributed by atoms with Gasteiger partial charge in [0.25, 0.3) is 0 Å². The lowest BCUT2D eigenvalue weighted by Crippen LogP contribution is -2.65. The van der Waals surface area contributed by atoms with E-state index in [4.69, 9.17) is 0 Å². The van der Waals surface area contributed by atoms with Crippen LogP contribution in [0.1, 0.15) is 6.42 Å². The molecule has 1 atom stereocenters. The minimum atomic E-state index is -7.58. The molecule has 0 aromatic rings. The molecule has 1 unspecified atom stereocenters. The van der Waals surface area contributed by atoms with Gasteiger partial charge in [0.1, 0.15) is 0 Å². The zero-order valence-corrected chi connectivity index (χ0v) is 11.3. The number of hydrogen-bond donors (Lipinski definition) is 0. The lowest BCUT2D eigenvalue weighted by atomic mass is 9.97. The fourth-order valence-corrected chi connectivity index (χ4v) is 1.51. The van der Waals surface area contributed by atoms with Gasteiger partial charge in [0, 0.05) is 0 Å². The number of hydrogen-bond acceptors (Lipinski definition) is 4. The molecule has 0 radical (unpaired) electrons. The molecule has 0 rings (SSSR count). The minimum absolute atomic E-state index is 1.76. The molecule has 0 aliphatic carbocycles. The topological polar surface area (TPSA) is 72.4 Å². The molecule has 0 saturated heterocycles. The molecule has 0 aliphatic heterocycles. The van der Waals surface area contributed by atoms with Gasteiger partial charge in [0.2, 0.25) is 0 Å². The summed E-state index contributed by atoms with van der Waals surface area (Å²) in [5, 5.41) is 0. The quantitative estimate of drug-likeness (QED) is 0.478. The van der Waals surface area contributed by atoms with E-state index in [1.54, 1.807) is 4.52 Å². The number of rotatable bonds is 7. The van der Waals surface area contributed by atoms with Gasteiger partial charge in [-0.1, -0.05) is 0 Å². The monoisotopic (exact) mass is 410 g/mol. The van der Waals surface area contributed by atoms with Crippen LogP contribution in [-0.2, 0) is 9.09 Å². The molecule has 0 aliphatic rings. The molecule has 0 fully saturated rings. The van der Waals surface area contributed by atoms with Crippen molar-refractivity contribution in [3.05, 3.63) is 0 Å². The summed E-state index contributed by atoms with van der Waals surface area (Å²) in [5.41, 5.74) is 0. The van der Waals surface area contributed by atoms with Crippen molar-refractivity contribution in [1.29, 1.82) is 0 Å². The second-order valence-electron chi connectivity index (χ2n) is 4.11. The first-order valence-electron chi connectivity index (χ1n) is 5.03. The van der Waals surface area contributed by atoms with Crippen LogP contribution < -0.4 is 9.79 Å². The van der Waals surface area contributed by atoms with Crippen molar-refractivity contribution >= 4 is 7.82 Å². The Hall–Kier alpha value is -0.730. The van der Waals surface area contributed by atoms with Crippen LogP contribution in [0.3, 0.4) is 0 Å². The second kappa shape index (κ2) is 6.21. The van der Waals surface area contributed by atoms with Crippen molar-refractivity contribution in [2.75, 3.05) is 0 Å². The van der Waals surface area contributed by atoms with Crippen LogP contribution in [0, 0.1) is 0 Å². The van der Waals surface area contributed by atoms with Crippen molar-refractivity contribution < 1.29 is 71.6 Å². The highest BCUT2D eigenvalue weighted by Gasteiger charge is 2.83. The second-order valence-corrected chi connectivity index (χ2v) is 5.19. The van der Waals surface area contributed by atoms with Crippen molar-refractivity contribution in [3.63, 3.8) is 0 Å². The maximum absolute atomic E-state index is 12.9. The Morgan fingerprint density at radius 2 is 1.21 bits per heavy atom. The first-order valence-corrected chi connectivity index (χ1v) is 6.49. The standard InChI is InChI=1S/C7H5F12O4P/c8-2(1-3(9,10)11)4(12,13)5(14,15)6(16,17)7(18,19)23-24(20,21)22/h2H,1H2,(H2,20,21,22)/p-2. The predicted octanol–water partition coefficient (Wildman–Crippen LogP) is 2.62. The van der Waals surface area contributed by atoms with Gasteiger partial charge in [-0.05, 0) is 0 Å². The van der Waals surface area contributed by atoms with Gasteiger partial charge >= 0.3 is 30.1 Å². The van der Waals surface area contributed by atoms with Crippen LogP contribution in [0.25, 0.3) is 0 Å². The highest BCUT2D eigenvalue weighted by atomic mass is 31.2. The van der Waals surface area contributed by atoms with Crippen LogP contribution in [0.15, 0.2) is 0 Å². The molecule has 0 N–H and O–H groups in total. The summed E-state index contributed by atoms with van der Waals surface area (Å²) in [5.74, 6) is -22.2. The highest BCUT2D eigenvalue weighted by Crippen LogP contribution is 2.57. The molecule has 0 heterocycles. The maximum Gasteiger partial charge on any atom is 0.429 e. The molecular formula is C7H3F12O4P-2. The van der Waals surface area contributed by atoms with Gasteiger partial charge in [0.15, 0.2) is 6.17 Å². The average molecular weight is 410 g/mol. The van der Waals surface area contributed by atoms with E-state index in [0.29, 0.717) is 0 Å². The normalized spacial score (nSPS) is 17.1. The molecule has 0 aromatic heterocycles. The third kappa shape index (κ3) is 4.67. The summed E-state index contributed by atoms with van der Waals surface area (Å²) < 4.78 is 162. The zero-order valence-electron chi connectivity index (χ0n) is 10.4. The molecular weight excluding hydrogens is 407 g/mol. The smallest absolute Gasteiger partial charge is 0.429 e. The van der Waals surface area contributed by atoms with E-state index in [2.05, 4.69) is 0 Å².